The Morgan fingerprint density at radius 1 is 1.30 bits per heavy atom. The first-order valence-corrected chi connectivity index (χ1v) is 11.0. The van der Waals surface area contributed by atoms with E-state index in [1.165, 1.54) is 30.2 Å². The van der Waals surface area contributed by atoms with Crippen LogP contribution < -0.4 is 10.1 Å². The van der Waals surface area contributed by atoms with Crippen molar-refractivity contribution in [3.8, 4) is 5.75 Å². The fourth-order valence-electron chi connectivity index (χ4n) is 2.72. The SMILES string of the molecule is COC(=O)c1ccsc1NC(=O)CSc1nnc(C(C)Oc2cccc(C)c2)n1C. The van der Waals surface area contributed by atoms with Crippen LogP contribution in [0.4, 0.5) is 5.00 Å². The van der Waals surface area contributed by atoms with Gasteiger partial charge in [-0.25, -0.2) is 4.79 Å². The van der Waals surface area contributed by atoms with E-state index in [1.54, 1.807) is 11.4 Å². The van der Waals surface area contributed by atoms with Crippen LogP contribution in [0.5, 0.6) is 5.75 Å². The maximum absolute atomic E-state index is 12.3. The summed E-state index contributed by atoms with van der Waals surface area (Å²) < 4.78 is 12.5. The second-order valence-electron chi connectivity index (χ2n) is 6.47. The first kappa shape index (κ1) is 21.8. The summed E-state index contributed by atoms with van der Waals surface area (Å²) >= 11 is 2.52. The van der Waals surface area contributed by atoms with Crippen molar-refractivity contribution in [3.63, 3.8) is 0 Å². The van der Waals surface area contributed by atoms with Crippen LogP contribution in [-0.4, -0.2) is 39.5 Å². The zero-order chi connectivity index (χ0) is 21.7. The van der Waals surface area contributed by atoms with Crippen molar-refractivity contribution in [1.29, 1.82) is 0 Å². The van der Waals surface area contributed by atoms with Gasteiger partial charge in [0, 0.05) is 7.05 Å². The van der Waals surface area contributed by atoms with Crippen LogP contribution in [0.3, 0.4) is 0 Å². The zero-order valence-electron chi connectivity index (χ0n) is 17.0. The Balaban J connectivity index is 1.59. The molecule has 1 unspecified atom stereocenters. The van der Waals surface area contributed by atoms with E-state index in [9.17, 15) is 9.59 Å². The fraction of sp³-hybridized carbons (Fsp3) is 0.300. The highest BCUT2D eigenvalue weighted by Gasteiger charge is 2.19. The molecule has 0 fully saturated rings. The highest BCUT2D eigenvalue weighted by atomic mass is 32.2. The molecule has 3 aromatic rings. The number of hydrogen-bond donors (Lipinski definition) is 1. The van der Waals surface area contributed by atoms with E-state index in [4.69, 9.17) is 9.47 Å². The second-order valence-corrected chi connectivity index (χ2v) is 8.33. The molecule has 0 spiro atoms. The number of esters is 1. The molecule has 1 atom stereocenters. The number of aryl methyl sites for hydroxylation is 1. The standard InChI is InChI=1S/C20H22N4O4S2/c1-12-6-5-7-14(10-12)28-13(2)17-22-23-20(24(17)3)30-11-16(25)21-18-15(8-9-29-18)19(26)27-4/h5-10,13H,11H2,1-4H3,(H,21,25). The number of methoxy groups -OCH3 is 1. The Morgan fingerprint density at radius 2 is 2.10 bits per heavy atom. The third kappa shape index (κ3) is 5.19. The smallest absolute Gasteiger partial charge is 0.340 e. The van der Waals surface area contributed by atoms with Gasteiger partial charge in [-0.15, -0.1) is 21.5 Å². The van der Waals surface area contributed by atoms with Gasteiger partial charge in [0.15, 0.2) is 17.1 Å². The molecule has 0 radical (unpaired) electrons. The summed E-state index contributed by atoms with van der Waals surface area (Å²) in [6.07, 6.45) is -0.304. The second kappa shape index (κ2) is 9.77. The average molecular weight is 447 g/mol. The molecule has 0 aliphatic rings. The van der Waals surface area contributed by atoms with E-state index in [0.29, 0.717) is 21.5 Å². The van der Waals surface area contributed by atoms with Gasteiger partial charge in [0.2, 0.25) is 5.91 Å². The Labute approximate surface area is 182 Å². The van der Waals surface area contributed by atoms with Gasteiger partial charge in [-0.1, -0.05) is 23.9 Å². The zero-order valence-corrected chi connectivity index (χ0v) is 18.7. The molecule has 30 heavy (non-hydrogen) atoms. The lowest BCUT2D eigenvalue weighted by atomic mass is 10.2. The predicted molar refractivity (Wildman–Crippen MR) is 116 cm³/mol. The molecule has 1 N–H and O–H groups in total. The Hall–Kier alpha value is -2.85. The van der Waals surface area contributed by atoms with E-state index < -0.39 is 5.97 Å². The van der Waals surface area contributed by atoms with Crippen molar-refractivity contribution in [1.82, 2.24) is 14.8 Å². The van der Waals surface area contributed by atoms with E-state index in [0.717, 1.165) is 11.3 Å². The van der Waals surface area contributed by atoms with Crippen LogP contribution in [0, 0.1) is 6.92 Å². The number of carbonyl (C=O) groups is 2. The van der Waals surface area contributed by atoms with Crippen LogP contribution in [0.1, 0.15) is 34.8 Å². The molecule has 10 heteroatoms. The molecule has 8 nitrogen and oxygen atoms in total. The average Bonchev–Trinajstić information content (AvgIpc) is 3.32. The molecule has 1 aromatic carbocycles. The Bertz CT molecular complexity index is 1050. The number of anilines is 1. The van der Waals surface area contributed by atoms with Gasteiger partial charge in [-0.3, -0.25) is 4.79 Å². The minimum Gasteiger partial charge on any atom is -0.483 e. The lowest BCUT2D eigenvalue weighted by Gasteiger charge is -2.14. The molecule has 2 heterocycles. The number of hydrogen-bond acceptors (Lipinski definition) is 8. The number of carbonyl (C=O) groups excluding carboxylic acids is 2. The molecule has 2 aromatic heterocycles. The first-order valence-electron chi connectivity index (χ1n) is 9.10. The fourth-order valence-corrected chi connectivity index (χ4v) is 4.23. The van der Waals surface area contributed by atoms with Crippen molar-refractivity contribution in [2.24, 2.45) is 7.05 Å². The number of ether oxygens (including phenoxy) is 2. The van der Waals surface area contributed by atoms with Crippen molar-refractivity contribution < 1.29 is 19.1 Å². The molecule has 158 valence electrons. The van der Waals surface area contributed by atoms with Crippen molar-refractivity contribution >= 4 is 40.0 Å². The molecule has 1 amide bonds. The summed E-state index contributed by atoms with van der Waals surface area (Å²) in [5.74, 6) is 0.806. The molecule has 0 aliphatic carbocycles. The predicted octanol–water partition coefficient (Wildman–Crippen LogP) is 3.84. The number of thioether (sulfide) groups is 1. The van der Waals surface area contributed by atoms with Crippen molar-refractivity contribution in [2.75, 3.05) is 18.2 Å². The minimum absolute atomic E-state index is 0.123. The minimum atomic E-state index is -0.486. The third-order valence-electron chi connectivity index (χ3n) is 4.19. The lowest BCUT2D eigenvalue weighted by Crippen LogP contribution is -2.16. The van der Waals surface area contributed by atoms with Crippen LogP contribution in [0.15, 0.2) is 40.9 Å². The van der Waals surface area contributed by atoms with Gasteiger partial charge >= 0.3 is 5.97 Å². The molecule has 0 bridgehead atoms. The molecule has 3 rings (SSSR count). The normalized spacial score (nSPS) is 11.7. The van der Waals surface area contributed by atoms with Crippen LogP contribution in [-0.2, 0) is 16.6 Å². The number of benzene rings is 1. The summed E-state index contributed by atoms with van der Waals surface area (Å²) in [5, 5.41) is 13.9. The number of nitrogens with zero attached hydrogens (tertiary/aromatic N) is 3. The van der Waals surface area contributed by atoms with E-state index in [1.807, 2.05) is 49.7 Å². The highest BCUT2D eigenvalue weighted by Crippen LogP contribution is 2.26. The third-order valence-corrected chi connectivity index (χ3v) is 6.04. The summed E-state index contributed by atoms with van der Waals surface area (Å²) in [6, 6.07) is 9.41. The van der Waals surface area contributed by atoms with Crippen LogP contribution in [0.25, 0.3) is 0 Å². The van der Waals surface area contributed by atoms with Crippen molar-refractivity contribution in [3.05, 3.63) is 52.7 Å². The van der Waals surface area contributed by atoms with E-state index >= 15 is 0 Å². The number of nitrogens with one attached hydrogen (secondary N) is 1. The summed E-state index contributed by atoms with van der Waals surface area (Å²) in [6.45, 7) is 3.91. The van der Waals surface area contributed by atoms with E-state index in [2.05, 4.69) is 15.5 Å². The monoisotopic (exact) mass is 446 g/mol. The maximum atomic E-state index is 12.3. The quantitative estimate of drug-likeness (QED) is 0.415. The lowest BCUT2D eigenvalue weighted by molar-refractivity contribution is -0.113. The van der Waals surface area contributed by atoms with Gasteiger partial charge < -0.3 is 19.4 Å². The molecule has 0 aliphatic heterocycles. The number of thiophene rings is 1. The maximum Gasteiger partial charge on any atom is 0.340 e. The van der Waals surface area contributed by atoms with Crippen molar-refractivity contribution in [2.45, 2.75) is 25.1 Å². The first-order chi connectivity index (χ1) is 14.4. The molecule has 0 saturated carbocycles. The van der Waals surface area contributed by atoms with E-state index in [-0.39, 0.29) is 17.8 Å². The molecule has 0 saturated heterocycles. The van der Waals surface area contributed by atoms with Gasteiger partial charge in [-0.2, -0.15) is 0 Å². The van der Waals surface area contributed by atoms with Gasteiger partial charge in [0.25, 0.3) is 0 Å². The topological polar surface area (TPSA) is 95.3 Å². The van der Waals surface area contributed by atoms with Gasteiger partial charge in [0.05, 0.1) is 18.4 Å². The Kier molecular flexibility index (Phi) is 7.11. The number of aromatic nitrogens is 3. The van der Waals surface area contributed by atoms with Crippen LogP contribution >= 0.6 is 23.1 Å². The van der Waals surface area contributed by atoms with Gasteiger partial charge in [0.1, 0.15) is 10.8 Å². The van der Waals surface area contributed by atoms with Crippen LogP contribution in [0.2, 0.25) is 0 Å². The largest absolute Gasteiger partial charge is 0.483 e. The summed E-state index contributed by atoms with van der Waals surface area (Å²) in [5.41, 5.74) is 1.45. The highest BCUT2D eigenvalue weighted by molar-refractivity contribution is 7.99. The van der Waals surface area contributed by atoms with Gasteiger partial charge in [-0.05, 0) is 43.0 Å². The Morgan fingerprint density at radius 3 is 2.83 bits per heavy atom. The number of rotatable bonds is 8. The molecular weight excluding hydrogens is 424 g/mol. The number of amides is 1. The molecular formula is C20H22N4O4S2. The summed E-state index contributed by atoms with van der Waals surface area (Å²) in [4.78, 5) is 24.0. The summed E-state index contributed by atoms with van der Waals surface area (Å²) in [7, 11) is 3.14.